The van der Waals surface area contributed by atoms with E-state index in [2.05, 4.69) is 10.1 Å². The van der Waals surface area contributed by atoms with Gasteiger partial charge in [-0.05, 0) is 62.9 Å². The molecule has 5 heteroatoms. The predicted molar refractivity (Wildman–Crippen MR) is 87.7 cm³/mol. The number of halogens is 1. The Morgan fingerprint density at radius 3 is 2.77 bits per heavy atom. The second-order valence-corrected chi connectivity index (χ2v) is 6.08. The van der Waals surface area contributed by atoms with Crippen molar-refractivity contribution >= 4 is 17.6 Å². The Morgan fingerprint density at radius 1 is 1.32 bits per heavy atom. The average Bonchev–Trinajstić information content (AvgIpc) is 2.55. The van der Waals surface area contributed by atoms with E-state index in [4.69, 9.17) is 16.3 Å². The lowest BCUT2D eigenvalue weighted by atomic mass is 9.93. The molecule has 2 rings (SSSR count). The van der Waals surface area contributed by atoms with Crippen molar-refractivity contribution in [3.05, 3.63) is 28.8 Å². The number of hydrogen-bond acceptors (Lipinski definition) is 4. The van der Waals surface area contributed by atoms with E-state index in [1.807, 2.05) is 0 Å². The lowest BCUT2D eigenvalue weighted by molar-refractivity contribution is 0.0601. The molecule has 122 valence electrons. The van der Waals surface area contributed by atoms with Crippen molar-refractivity contribution in [3.8, 4) is 5.75 Å². The Hall–Kier alpha value is -1.26. The minimum atomic E-state index is -0.432. The molecule has 1 aromatic carbocycles. The summed E-state index contributed by atoms with van der Waals surface area (Å²) in [6, 6.07) is 5.06. The van der Waals surface area contributed by atoms with Gasteiger partial charge >= 0.3 is 5.97 Å². The van der Waals surface area contributed by atoms with Gasteiger partial charge in [-0.1, -0.05) is 18.0 Å². The van der Waals surface area contributed by atoms with Gasteiger partial charge in [0.1, 0.15) is 5.75 Å². The third-order valence-corrected chi connectivity index (χ3v) is 4.39. The fourth-order valence-corrected chi connectivity index (χ4v) is 3.00. The maximum atomic E-state index is 11.4. The van der Waals surface area contributed by atoms with Crippen molar-refractivity contribution in [2.75, 3.05) is 26.8 Å². The zero-order chi connectivity index (χ0) is 15.8. The largest absolute Gasteiger partial charge is 0.494 e. The fraction of sp³-hybridized carbons (Fsp3) is 0.588. The molecule has 0 aliphatic carbocycles. The molecule has 0 unspecified atom stereocenters. The van der Waals surface area contributed by atoms with Crippen molar-refractivity contribution in [2.24, 2.45) is 5.92 Å². The first kappa shape index (κ1) is 17.1. The van der Waals surface area contributed by atoms with Crippen LogP contribution in [0.4, 0.5) is 0 Å². The quantitative estimate of drug-likeness (QED) is 0.613. The average molecular weight is 326 g/mol. The Bertz CT molecular complexity index is 487. The van der Waals surface area contributed by atoms with E-state index >= 15 is 0 Å². The number of nitrogens with one attached hydrogen (secondary N) is 1. The van der Waals surface area contributed by atoms with Crippen LogP contribution in [0, 0.1) is 5.92 Å². The highest BCUT2D eigenvalue weighted by Gasteiger charge is 2.13. The van der Waals surface area contributed by atoms with Crippen LogP contribution in [0.15, 0.2) is 18.2 Å². The first-order valence-electron chi connectivity index (χ1n) is 7.92. The van der Waals surface area contributed by atoms with Crippen molar-refractivity contribution in [2.45, 2.75) is 32.1 Å². The summed E-state index contributed by atoms with van der Waals surface area (Å²) in [5, 5.41) is 3.75. The highest BCUT2D eigenvalue weighted by molar-refractivity contribution is 6.33. The van der Waals surface area contributed by atoms with E-state index in [1.165, 1.54) is 32.8 Å². The summed E-state index contributed by atoms with van der Waals surface area (Å²) in [7, 11) is 1.34. The number of esters is 1. The molecule has 0 bridgehead atoms. The molecule has 4 nitrogen and oxygen atoms in total. The summed E-state index contributed by atoms with van der Waals surface area (Å²) in [6.45, 7) is 3.00. The highest BCUT2D eigenvalue weighted by Crippen LogP contribution is 2.24. The maximum Gasteiger partial charge on any atom is 0.339 e. The van der Waals surface area contributed by atoms with Gasteiger partial charge in [0.25, 0.3) is 0 Å². The molecule has 0 saturated carbocycles. The van der Waals surface area contributed by atoms with Crippen molar-refractivity contribution in [1.29, 1.82) is 0 Å². The second kappa shape index (κ2) is 9.01. The first-order valence-corrected chi connectivity index (χ1v) is 8.30. The van der Waals surface area contributed by atoms with Gasteiger partial charge in [-0.25, -0.2) is 4.79 Å². The molecular weight excluding hydrogens is 302 g/mol. The van der Waals surface area contributed by atoms with Crippen LogP contribution in [-0.2, 0) is 4.74 Å². The summed E-state index contributed by atoms with van der Waals surface area (Å²) in [5.74, 6) is 1.13. The van der Waals surface area contributed by atoms with Gasteiger partial charge in [0, 0.05) is 0 Å². The molecule has 22 heavy (non-hydrogen) atoms. The van der Waals surface area contributed by atoms with Gasteiger partial charge in [-0.2, -0.15) is 0 Å². The van der Waals surface area contributed by atoms with E-state index < -0.39 is 5.97 Å². The van der Waals surface area contributed by atoms with E-state index in [0.29, 0.717) is 22.9 Å². The van der Waals surface area contributed by atoms with Crippen LogP contribution >= 0.6 is 11.6 Å². The molecule has 1 N–H and O–H groups in total. The van der Waals surface area contributed by atoms with Crippen molar-refractivity contribution < 1.29 is 14.3 Å². The van der Waals surface area contributed by atoms with Crippen LogP contribution in [0.3, 0.4) is 0 Å². The maximum absolute atomic E-state index is 11.4. The molecule has 0 amide bonds. The second-order valence-electron chi connectivity index (χ2n) is 5.67. The van der Waals surface area contributed by atoms with Gasteiger partial charge in [-0.3, -0.25) is 0 Å². The van der Waals surface area contributed by atoms with E-state index in [1.54, 1.807) is 18.2 Å². The van der Waals surface area contributed by atoms with Gasteiger partial charge in [0.2, 0.25) is 0 Å². The number of carbonyl (C=O) groups excluding carboxylic acids is 1. The first-order chi connectivity index (χ1) is 10.7. The zero-order valence-corrected chi connectivity index (χ0v) is 13.8. The molecule has 0 aromatic heterocycles. The molecule has 1 aliphatic rings. The molecule has 0 atom stereocenters. The summed E-state index contributed by atoms with van der Waals surface area (Å²) in [4.78, 5) is 11.4. The number of benzene rings is 1. The Labute approximate surface area is 137 Å². The smallest absolute Gasteiger partial charge is 0.339 e. The number of carbonyl (C=O) groups is 1. The zero-order valence-electron chi connectivity index (χ0n) is 13.1. The van der Waals surface area contributed by atoms with Gasteiger partial charge < -0.3 is 14.8 Å². The summed E-state index contributed by atoms with van der Waals surface area (Å²) in [5.41, 5.74) is 0.363. The van der Waals surface area contributed by atoms with Crippen molar-refractivity contribution in [1.82, 2.24) is 5.32 Å². The summed E-state index contributed by atoms with van der Waals surface area (Å²) < 4.78 is 10.4. The van der Waals surface area contributed by atoms with Crippen LogP contribution in [0.1, 0.15) is 42.5 Å². The number of piperidine rings is 1. The summed E-state index contributed by atoms with van der Waals surface area (Å²) >= 11 is 6.06. The Morgan fingerprint density at radius 2 is 2.09 bits per heavy atom. The monoisotopic (exact) mass is 325 g/mol. The SMILES string of the molecule is COC(=O)c1ccc(OCCCCC2CCNCC2)cc1Cl. The van der Waals surface area contributed by atoms with Crippen molar-refractivity contribution in [3.63, 3.8) is 0 Å². The van der Waals surface area contributed by atoms with Crippen LogP contribution in [0.2, 0.25) is 5.02 Å². The lowest BCUT2D eigenvalue weighted by Crippen LogP contribution is -2.27. The molecule has 1 fully saturated rings. The topological polar surface area (TPSA) is 47.6 Å². The molecule has 0 radical (unpaired) electrons. The predicted octanol–water partition coefficient (Wildman–Crippen LogP) is 3.68. The molecule has 1 heterocycles. The lowest BCUT2D eigenvalue weighted by Gasteiger charge is -2.22. The van der Waals surface area contributed by atoms with Gasteiger partial charge in [-0.15, -0.1) is 0 Å². The van der Waals surface area contributed by atoms with Gasteiger partial charge in [0.05, 0.1) is 24.3 Å². The standard InChI is InChI=1S/C17H24ClNO3/c1-21-17(20)15-6-5-14(12-16(15)18)22-11-3-2-4-13-7-9-19-10-8-13/h5-6,12-13,19H,2-4,7-11H2,1H3. The molecular formula is C17H24ClNO3. The molecule has 0 spiro atoms. The third-order valence-electron chi connectivity index (χ3n) is 4.08. The van der Waals surface area contributed by atoms with Crippen LogP contribution < -0.4 is 10.1 Å². The number of rotatable bonds is 7. The van der Waals surface area contributed by atoms with Crippen LogP contribution in [-0.4, -0.2) is 32.8 Å². The number of unbranched alkanes of at least 4 members (excludes halogenated alkanes) is 1. The molecule has 1 saturated heterocycles. The van der Waals surface area contributed by atoms with Crippen LogP contribution in [0.25, 0.3) is 0 Å². The van der Waals surface area contributed by atoms with Gasteiger partial charge in [0.15, 0.2) is 0 Å². The van der Waals surface area contributed by atoms with E-state index in [-0.39, 0.29) is 0 Å². The molecule has 1 aromatic rings. The third kappa shape index (κ3) is 5.18. The Kier molecular flexibility index (Phi) is 7.00. The van der Waals surface area contributed by atoms with Crippen LogP contribution in [0.5, 0.6) is 5.75 Å². The number of hydrogen-bond donors (Lipinski definition) is 1. The number of methoxy groups -OCH3 is 1. The Balaban J connectivity index is 1.68. The fourth-order valence-electron chi connectivity index (χ4n) is 2.76. The minimum Gasteiger partial charge on any atom is -0.494 e. The molecule has 1 aliphatic heterocycles. The number of ether oxygens (including phenoxy) is 2. The van der Waals surface area contributed by atoms with E-state index in [9.17, 15) is 4.79 Å². The normalized spacial score (nSPS) is 15.5. The summed E-state index contributed by atoms with van der Waals surface area (Å²) in [6.07, 6.45) is 6.11. The van der Waals surface area contributed by atoms with E-state index in [0.717, 1.165) is 25.4 Å². The highest BCUT2D eigenvalue weighted by atomic mass is 35.5. The minimum absolute atomic E-state index is 0.360.